The van der Waals surface area contributed by atoms with E-state index in [1.54, 1.807) is 35.7 Å². The number of aryl methyl sites for hydroxylation is 2. The smallest absolute Gasteiger partial charge is 0.258 e. The Kier molecular flexibility index (Phi) is 4.25. The lowest BCUT2D eigenvalue weighted by molar-refractivity contribution is -0.116. The van der Waals surface area contributed by atoms with Gasteiger partial charge in [-0.05, 0) is 44.2 Å². The summed E-state index contributed by atoms with van der Waals surface area (Å²) in [7, 11) is 0. The zero-order chi connectivity index (χ0) is 18.8. The Morgan fingerprint density at radius 2 is 2.15 bits per heavy atom. The van der Waals surface area contributed by atoms with Crippen LogP contribution in [0.25, 0.3) is 23.2 Å². The van der Waals surface area contributed by atoms with E-state index < -0.39 is 0 Å². The summed E-state index contributed by atoms with van der Waals surface area (Å²) in [4.78, 5) is 16.2. The fourth-order valence-corrected chi connectivity index (χ4v) is 2.53. The third-order valence-electron chi connectivity index (χ3n) is 3.84. The molecule has 27 heavy (non-hydrogen) atoms. The Balaban J connectivity index is 1.44. The molecule has 0 spiro atoms. The molecule has 1 amide bonds. The molecule has 1 N–H and O–H groups in total. The van der Waals surface area contributed by atoms with Crippen LogP contribution in [0.5, 0.6) is 0 Å². The van der Waals surface area contributed by atoms with Gasteiger partial charge in [0.1, 0.15) is 11.5 Å². The molecule has 0 saturated heterocycles. The number of nitrogens with zero attached hydrogens (tertiary/aromatic N) is 5. The van der Waals surface area contributed by atoms with E-state index in [1.807, 2.05) is 19.1 Å². The van der Waals surface area contributed by atoms with E-state index in [4.69, 9.17) is 8.94 Å². The number of amides is 1. The maximum Gasteiger partial charge on any atom is 0.258 e. The second-order valence-corrected chi connectivity index (χ2v) is 5.91. The molecule has 9 nitrogen and oxygen atoms in total. The quantitative estimate of drug-likeness (QED) is 0.541. The standard InChI is InChI=1S/C18H16N6O3/c1-11-3-4-14(26-11)5-6-17(25)19-10-16-22-21-15-9-13(7-8-24(15)16)18-20-12(2)23-27-18/h3-9H,10H2,1-2H3,(H,19,25)/b6-5+. The van der Waals surface area contributed by atoms with Crippen molar-refractivity contribution in [2.24, 2.45) is 0 Å². The molecular weight excluding hydrogens is 348 g/mol. The van der Waals surface area contributed by atoms with E-state index >= 15 is 0 Å². The largest absolute Gasteiger partial charge is 0.462 e. The van der Waals surface area contributed by atoms with Crippen molar-refractivity contribution in [2.75, 3.05) is 0 Å². The van der Waals surface area contributed by atoms with Gasteiger partial charge in [0.05, 0.1) is 6.54 Å². The second kappa shape index (κ2) is 6.87. The van der Waals surface area contributed by atoms with E-state index in [0.717, 1.165) is 11.3 Å². The van der Waals surface area contributed by atoms with Crippen molar-refractivity contribution in [3.63, 3.8) is 0 Å². The normalized spacial score (nSPS) is 11.5. The van der Waals surface area contributed by atoms with Crippen LogP contribution in [0.15, 0.2) is 45.5 Å². The first-order chi connectivity index (χ1) is 13.1. The summed E-state index contributed by atoms with van der Waals surface area (Å²) < 4.78 is 12.3. The van der Waals surface area contributed by atoms with Crippen LogP contribution in [-0.2, 0) is 11.3 Å². The summed E-state index contributed by atoms with van der Waals surface area (Å²) in [6, 6.07) is 7.26. The van der Waals surface area contributed by atoms with Crippen LogP contribution in [0.3, 0.4) is 0 Å². The molecule has 136 valence electrons. The molecule has 0 aliphatic rings. The number of hydrogen-bond donors (Lipinski definition) is 1. The number of carbonyl (C=O) groups excluding carboxylic acids is 1. The molecule has 9 heteroatoms. The Hall–Kier alpha value is -3.75. The third-order valence-corrected chi connectivity index (χ3v) is 3.84. The third kappa shape index (κ3) is 3.61. The van der Waals surface area contributed by atoms with E-state index in [9.17, 15) is 4.79 Å². The van der Waals surface area contributed by atoms with Crippen molar-refractivity contribution in [1.82, 2.24) is 30.1 Å². The number of fused-ring (bicyclic) bond motifs is 1. The number of rotatable bonds is 5. The van der Waals surface area contributed by atoms with Gasteiger partial charge in [-0.3, -0.25) is 9.20 Å². The number of hydrogen-bond acceptors (Lipinski definition) is 7. The molecule has 0 saturated carbocycles. The van der Waals surface area contributed by atoms with Crippen LogP contribution in [-0.4, -0.2) is 30.6 Å². The minimum absolute atomic E-state index is 0.237. The Morgan fingerprint density at radius 3 is 2.89 bits per heavy atom. The number of carbonyl (C=O) groups is 1. The van der Waals surface area contributed by atoms with E-state index in [2.05, 4.69) is 25.7 Å². The molecule has 0 fully saturated rings. The van der Waals surface area contributed by atoms with Crippen LogP contribution < -0.4 is 5.32 Å². The summed E-state index contributed by atoms with van der Waals surface area (Å²) >= 11 is 0. The first-order valence-electron chi connectivity index (χ1n) is 8.25. The predicted octanol–water partition coefficient (Wildman–Crippen LogP) is 2.32. The van der Waals surface area contributed by atoms with Crippen molar-refractivity contribution in [3.8, 4) is 11.5 Å². The van der Waals surface area contributed by atoms with Gasteiger partial charge in [0.15, 0.2) is 17.3 Å². The van der Waals surface area contributed by atoms with E-state index in [1.165, 1.54) is 6.08 Å². The van der Waals surface area contributed by atoms with Crippen LogP contribution in [0.4, 0.5) is 0 Å². The SMILES string of the molecule is Cc1noc(-c2ccn3c(CNC(=O)/C=C/c4ccc(C)o4)nnc3c2)n1. The number of nitrogens with one attached hydrogen (secondary N) is 1. The zero-order valence-electron chi connectivity index (χ0n) is 14.7. The molecule has 4 rings (SSSR count). The van der Waals surface area contributed by atoms with Gasteiger partial charge in [0, 0.05) is 17.8 Å². The van der Waals surface area contributed by atoms with Crippen LogP contribution in [0, 0.1) is 13.8 Å². The number of pyridine rings is 1. The molecule has 4 aromatic heterocycles. The summed E-state index contributed by atoms with van der Waals surface area (Å²) in [6.45, 7) is 3.84. The molecule has 0 bridgehead atoms. The highest BCUT2D eigenvalue weighted by molar-refractivity contribution is 5.91. The Labute approximate surface area is 153 Å². The highest BCUT2D eigenvalue weighted by atomic mass is 16.5. The summed E-state index contributed by atoms with van der Waals surface area (Å²) in [5, 5.41) is 14.8. The molecule has 0 aliphatic heterocycles. The van der Waals surface area contributed by atoms with E-state index in [-0.39, 0.29) is 12.5 Å². The predicted molar refractivity (Wildman–Crippen MR) is 95.3 cm³/mol. The van der Waals surface area contributed by atoms with Gasteiger partial charge in [-0.2, -0.15) is 4.98 Å². The Bertz CT molecular complexity index is 1140. The average molecular weight is 364 g/mol. The van der Waals surface area contributed by atoms with Crippen molar-refractivity contribution in [3.05, 3.63) is 59.7 Å². The maximum absolute atomic E-state index is 12.0. The molecule has 0 unspecified atom stereocenters. The molecule has 4 heterocycles. The minimum Gasteiger partial charge on any atom is -0.462 e. The fourth-order valence-electron chi connectivity index (χ4n) is 2.53. The molecule has 0 aromatic carbocycles. The van der Waals surface area contributed by atoms with Gasteiger partial charge >= 0.3 is 0 Å². The molecule has 0 atom stereocenters. The summed E-state index contributed by atoms with van der Waals surface area (Å²) in [5.74, 6) is 2.76. The highest BCUT2D eigenvalue weighted by Gasteiger charge is 2.11. The highest BCUT2D eigenvalue weighted by Crippen LogP contribution is 2.18. The topological polar surface area (TPSA) is 111 Å². The molecule has 0 aliphatic carbocycles. The van der Waals surface area contributed by atoms with Crippen LogP contribution in [0.1, 0.15) is 23.2 Å². The van der Waals surface area contributed by atoms with Crippen molar-refractivity contribution >= 4 is 17.6 Å². The monoisotopic (exact) mass is 364 g/mol. The first-order valence-corrected chi connectivity index (χ1v) is 8.25. The summed E-state index contributed by atoms with van der Waals surface area (Å²) in [6.07, 6.45) is 4.83. The van der Waals surface area contributed by atoms with Crippen molar-refractivity contribution in [2.45, 2.75) is 20.4 Å². The second-order valence-electron chi connectivity index (χ2n) is 5.91. The minimum atomic E-state index is -0.251. The number of aromatic nitrogens is 5. The van der Waals surface area contributed by atoms with Crippen molar-refractivity contribution in [1.29, 1.82) is 0 Å². The Morgan fingerprint density at radius 1 is 1.26 bits per heavy atom. The summed E-state index contributed by atoms with van der Waals surface area (Å²) in [5.41, 5.74) is 1.37. The van der Waals surface area contributed by atoms with Gasteiger partial charge in [0.25, 0.3) is 5.89 Å². The average Bonchev–Trinajstić information content (AvgIpc) is 3.37. The van der Waals surface area contributed by atoms with Crippen LogP contribution >= 0.6 is 0 Å². The van der Waals surface area contributed by atoms with Crippen molar-refractivity contribution < 1.29 is 13.7 Å². The lowest BCUT2D eigenvalue weighted by Crippen LogP contribution is -2.21. The maximum atomic E-state index is 12.0. The van der Waals surface area contributed by atoms with Gasteiger partial charge < -0.3 is 14.3 Å². The lowest BCUT2D eigenvalue weighted by Gasteiger charge is -2.02. The van der Waals surface area contributed by atoms with Gasteiger partial charge in [-0.25, -0.2) is 0 Å². The zero-order valence-corrected chi connectivity index (χ0v) is 14.7. The molecule has 4 aromatic rings. The first kappa shape index (κ1) is 16.7. The van der Waals surface area contributed by atoms with Crippen LogP contribution in [0.2, 0.25) is 0 Å². The molecule has 0 radical (unpaired) electrons. The molecular formula is C18H16N6O3. The van der Waals surface area contributed by atoms with E-state index in [0.29, 0.717) is 28.9 Å². The fraction of sp³-hybridized carbons (Fsp3) is 0.167. The van der Waals surface area contributed by atoms with Gasteiger partial charge in [-0.1, -0.05) is 5.16 Å². The number of furan rings is 1. The van der Waals surface area contributed by atoms with Gasteiger partial charge in [0.2, 0.25) is 5.91 Å². The lowest BCUT2D eigenvalue weighted by atomic mass is 10.2. The van der Waals surface area contributed by atoms with Gasteiger partial charge in [-0.15, -0.1) is 10.2 Å².